The van der Waals surface area contributed by atoms with Crippen molar-refractivity contribution in [2.24, 2.45) is 0 Å². The SMILES string of the molecule is CC(=O)Nc1ccsc1CNCCS(C)=O. The summed E-state index contributed by atoms with van der Waals surface area (Å²) in [7, 11) is -0.757. The van der Waals surface area contributed by atoms with Gasteiger partial charge in [-0.2, -0.15) is 0 Å². The van der Waals surface area contributed by atoms with Crippen LogP contribution in [0.3, 0.4) is 0 Å². The monoisotopic (exact) mass is 260 g/mol. The van der Waals surface area contributed by atoms with Crippen LogP contribution in [0.2, 0.25) is 0 Å². The largest absolute Gasteiger partial charge is 0.325 e. The molecule has 2 N–H and O–H groups in total. The molecule has 1 amide bonds. The number of carbonyl (C=O) groups is 1. The van der Waals surface area contributed by atoms with E-state index in [-0.39, 0.29) is 5.91 Å². The van der Waals surface area contributed by atoms with Gasteiger partial charge in [0.05, 0.1) is 5.69 Å². The van der Waals surface area contributed by atoms with Gasteiger partial charge in [0.2, 0.25) is 5.91 Å². The fourth-order valence-corrected chi connectivity index (χ4v) is 2.43. The molecule has 0 aromatic carbocycles. The van der Waals surface area contributed by atoms with Crippen LogP contribution < -0.4 is 10.6 Å². The van der Waals surface area contributed by atoms with Crippen molar-refractivity contribution in [3.8, 4) is 0 Å². The van der Waals surface area contributed by atoms with Crippen LogP contribution in [-0.4, -0.2) is 28.7 Å². The zero-order chi connectivity index (χ0) is 12.0. The van der Waals surface area contributed by atoms with Gasteiger partial charge in [0.1, 0.15) is 0 Å². The second kappa shape index (κ2) is 6.78. The topological polar surface area (TPSA) is 58.2 Å². The molecule has 1 aromatic rings. The Hall–Kier alpha value is -0.720. The Balaban J connectivity index is 2.38. The molecule has 0 aliphatic heterocycles. The van der Waals surface area contributed by atoms with Crippen LogP contribution in [0.1, 0.15) is 11.8 Å². The second-order valence-electron chi connectivity index (χ2n) is 3.39. The minimum absolute atomic E-state index is 0.0608. The van der Waals surface area contributed by atoms with Gasteiger partial charge < -0.3 is 10.6 Å². The molecule has 0 aliphatic rings. The van der Waals surface area contributed by atoms with Crippen molar-refractivity contribution in [2.45, 2.75) is 13.5 Å². The first-order chi connectivity index (χ1) is 7.59. The van der Waals surface area contributed by atoms with Crippen LogP contribution in [0.15, 0.2) is 11.4 Å². The van der Waals surface area contributed by atoms with Gasteiger partial charge in [0.15, 0.2) is 0 Å². The van der Waals surface area contributed by atoms with Gasteiger partial charge in [-0.25, -0.2) is 0 Å². The summed E-state index contributed by atoms with van der Waals surface area (Å²) in [6.07, 6.45) is 1.69. The summed E-state index contributed by atoms with van der Waals surface area (Å²) in [6.45, 7) is 2.92. The molecule has 1 unspecified atom stereocenters. The fraction of sp³-hybridized carbons (Fsp3) is 0.500. The Morgan fingerprint density at radius 1 is 1.56 bits per heavy atom. The maximum atomic E-state index is 10.9. The standard InChI is InChI=1S/C10H16N2O2S2/c1-8(13)12-9-3-5-15-10(9)7-11-4-6-16(2)14/h3,5,11H,4,6-7H2,1-2H3,(H,12,13). The first-order valence-corrected chi connectivity index (χ1v) is 7.55. The van der Waals surface area contributed by atoms with E-state index in [1.54, 1.807) is 17.6 Å². The van der Waals surface area contributed by atoms with E-state index in [1.807, 2.05) is 11.4 Å². The molecule has 0 radical (unpaired) electrons. The zero-order valence-corrected chi connectivity index (χ0v) is 11.0. The van der Waals surface area contributed by atoms with Crippen molar-refractivity contribution >= 4 is 33.7 Å². The van der Waals surface area contributed by atoms with Crippen LogP contribution in [-0.2, 0) is 22.1 Å². The summed E-state index contributed by atoms with van der Waals surface area (Å²) in [4.78, 5) is 12.0. The van der Waals surface area contributed by atoms with Crippen LogP contribution in [0.25, 0.3) is 0 Å². The van der Waals surface area contributed by atoms with Gasteiger partial charge in [0.25, 0.3) is 0 Å². The molecular formula is C10H16N2O2S2. The summed E-state index contributed by atoms with van der Waals surface area (Å²) < 4.78 is 10.8. The van der Waals surface area contributed by atoms with Crippen molar-refractivity contribution in [2.75, 3.05) is 23.9 Å². The molecule has 1 atom stereocenters. The lowest BCUT2D eigenvalue weighted by atomic mass is 10.3. The highest BCUT2D eigenvalue weighted by molar-refractivity contribution is 7.84. The van der Waals surface area contributed by atoms with Crippen molar-refractivity contribution in [3.05, 3.63) is 16.3 Å². The molecule has 0 saturated carbocycles. The van der Waals surface area contributed by atoms with Crippen LogP contribution >= 0.6 is 11.3 Å². The van der Waals surface area contributed by atoms with Crippen LogP contribution in [0.5, 0.6) is 0 Å². The number of carbonyl (C=O) groups excluding carboxylic acids is 1. The zero-order valence-electron chi connectivity index (χ0n) is 9.41. The molecule has 1 rings (SSSR count). The number of hydrogen-bond donors (Lipinski definition) is 2. The Morgan fingerprint density at radius 2 is 2.31 bits per heavy atom. The van der Waals surface area contributed by atoms with Gasteiger partial charge >= 0.3 is 0 Å². The molecule has 16 heavy (non-hydrogen) atoms. The average Bonchev–Trinajstić information content (AvgIpc) is 2.59. The highest BCUT2D eigenvalue weighted by Crippen LogP contribution is 2.21. The predicted molar refractivity (Wildman–Crippen MR) is 69.3 cm³/mol. The summed E-state index contributed by atoms with van der Waals surface area (Å²) in [5.41, 5.74) is 0.864. The van der Waals surface area contributed by atoms with Crippen molar-refractivity contribution in [1.82, 2.24) is 5.32 Å². The van der Waals surface area contributed by atoms with E-state index in [2.05, 4.69) is 10.6 Å². The maximum Gasteiger partial charge on any atom is 0.221 e. The minimum Gasteiger partial charge on any atom is -0.325 e. The predicted octanol–water partition coefficient (Wildman–Crippen LogP) is 1.17. The first kappa shape index (κ1) is 13.3. The molecule has 4 nitrogen and oxygen atoms in total. The van der Waals surface area contributed by atoms with Crippen LogP contribution in [0.4, 0.5) is 5.69 Å². The second-order valence-corrected chi connectivity index (χ2v) is 5.95. The molecular weight excluding hydrogens is 244 g/mol. The van der Waals surface area contributed by atoms with Gasteiger partial charge in [-0.3, -0.25) is 9.00 Å². The van der Waals surface area contributed by atoms with Crippen molar-refractivity contribution in [1.29, 1.82) is 0 Å². The van der Waals surface area contributed by atoms with E-state index in [1.165, 1.54) is 6.92 Å². The van der Waals surface area contributed by atoms with E-state index in [0.29, 0.717) is 12.3 Å². The fourth-order valence-electron chi connectivity index (χ4n) is 1.20. The third-order valence-corrected chi connectivity index (χ3v) is 3.61. The summed E-state index contributed by atoms with van der Waals surface area (Å²) in [5, 5.41) is 7.92. The number of anilines is 1. The number of rotatable bonds is 6. The highest BCUT2D eigenvalue weighted by Gasteiger charge is 2.04. The molecule has 6 heteroatoms. The summed E-state index contributed by atoms with van der Waals surface area (Å²) >= 11 is 1.60. The normalized spacial score (nSPS) is 12.4. The lowest BCUT2D eigenvalue weighted by Crippen LogP contribution is -2.20. The van der Waals surface area contributed by atoms with E-state index in [4.69, 9.17) is 0 Å². The molecule has 0 spiro atoms. The number of nitrogens with one attached hydrogen (secondary N) is 2. The van der Waals surface area contributed by atoms with Gasteiger partial charge in [-0.1, -0.05) is 0 Å². The number of amides is 1. The van der Waals surface area contributed by atoms with Crippen molar-refractivity contribution < 1.29 is 9.00 Å². The number of hydrogen-bond acceptors (Lipinski definition) is 4. The lowest BCUT2D eigenvalue weighted by Gasteiger charge is -2.05. The number of thiophene rings is 1. The Kier molecular flexibility index (Phi) is 5.65. The van der Waals surface area contributed by atoms with Crippen LogP contribution in [0, 0.1) is 0 Å². The smallest absolute Gasteiger partial charge is 0.221 e. The summed E-state index contributed by atoms with van der Waals surface area (Å²) in [6, 6.07) is 1.89. The molecule has 0 aliphatic carbocycles. The molecule has 0 fully saturated rings. The quantitative estimate of drug-likeness (QED) is 0.755. The third-order valence-electron chi connectivity index (χ3n) is 1.91. The van der Waals surface area contributed by atoms with E-state index >= 15 is 0 Å². The Labute approximate surface area is 102 Å². The Morgan fingerprint density at radius 3 is 2.94 bits per heavy atom. The molecule has 1 aromatic heterocycles. The van der Waals surface area contributed by atoms with Crippen molar-refractivity contribution in [3.63, 3.8) is 0 Å². The lowest BCUT2D eigenvalue weighted by molar-refractivity contribution is -0.114. The molecule has 0 bridgehead atoms. The molecule has 0 saturated heterocycles. The van der Waals surface area contributed by atoms with E-state index in [9.17, 15) is 9.00 Å². The van der Waals surface area contributed by atoms with Gasteiger partial charge in [0, 0.05) is 47.7 Å². The minimum atomic E-state index is -0.757. The third kappa shape index (κ3) is 4.87. The molecule has 1 heterocycles. The van der Waals surface area contributed by atoms with E-state index < -0.39 is 10.8 Å². The van der Waals surface area contributed by atoms with Gasteiger partial charge in [-0.15, -0.1) is 11.3 Å². The first-order valence-electron chi connectivity index (χ1n) is 4.94. The average molecular weight is 260 g/mol. The van der Waals surface area contributed by atoms with E-state index in [0.717, 1.165) is 17.1 Å². The maximum absolute atomic E-state index is 10.9. The highest BCUT2D eigenvalue weighted by atomic mass is 32.2. The molecule has 90 valence electrons. The summed E-state index contributed by atoms with van der Waals surface area (Å²) in [5.74, 6) is 0.593. The Bertz CT molecular complexity index is 377. The van der Waals surface area contributed by atoms with Gasteiger partial charge in [-0.05, 0) is 11.4 Å².